The first-order valence-electron chi connectivity index (χ1n) is 6.35. The van der Waals surface area contributed by atoms with Gasteiger partial charge in [0.05, 0.1) is 12.0 Å². The minimum Gasteiger partial charge on any atom is -0.376 e. The maximum atomic E-state index is 12.1. The molecule has 1 N–H and O–H groups in total. The van der Waals surface area contributed by atoms with Crippen LogP contribution in [-0.4, -0.2) is 25.2 Å². The zero-order valence-corrected chi connectivity index (χ0v) is 12.2. The molecule has 0 spiro atoms. The first-order chi connectivity index (χ1) is 8.43. The molecule has 1 saturated heterocycles. The van der Waals surface area contributed by atoms with E-state index in [1.165, 1.54) is 0 Å². The van der Waals surface area contributed by atoms with Gasteiger partial charge in [0.25, 0.3) is 0 Å². The minimum absolute atomic E-state index is 0.0357. The lowest BCUT2D eigenvalue weighted by Gasteiger charge is -2.11. The molecule has 1 saturated carbocycles. The number of carbonyl (C=O) groups excluding carboxylic acids is 1. The van der Waals surface area contributed by atoms with Crippen LogP contribution in [0.2, 0.25) is 0 Å². The minimum atomic E-state index is -0.0599. The third-order valence-corrected chi connectivity index (χ3v) is 4.28. The van der Waals surface area contributed by atoms with Crippen molar-refractivity contribution in [2.45, 2.75) is 32.8 Å². The van der Waals surface area contributed by atoms with Crippen LogP contribution >= 0.6 is 23.2 Å². The molecule has 1 aliphatic carbocycles. The maximum absolute atomic E-state index is 12.1. The van der Waals surface area contributed by atoms with E-state index in [-0.39, 0.29) is 33.8 Å². The Morgan fingerprint density at radius 2 is 2.22 bits per heavy atom. The molecular weight excluding hydrogens is 273 g/mol. The standard InChI is InChI=1S/C13H19Cl2NO2/c1-13(2)9(6-10(14)15)11(13)12(17)16-7-8-4-3-5-18-8/h6,8-9,11H,3-5,7H2,1-2H3,(H,16,17)/t8-,9+,11-/m0/s1. The molecule has 0 aromatic heterocycles. The van der Waals surface area contributed by atoms with Crippen LogP contribution in [0.3, 0.4) is 0 Å². The molecule has 1 heterocycles. The third-order valence-electron chi connectivity index (χ3n) is 4.03. The molecule has 3 nitrogen and oxygen atoms in total. The van der Waals surface area contributed by atoms with Crippen molar-refractivity contribution in [1.82, 2.24) is 5.32 Å². The number of hydrogen-bond donors (Lipinski definition) is 1. The number of hydrogen-bond acceptors (Lipinski definition) is 2. The molecule has 2 fully saturated rings. The number of rotatable bonds is 4. The lowest BCUT2D eigenvalue weighted by atomic mass is 10.1. The topological polar surface area (TPSA) is 38.3 Å². The molecule has 0 aromatic carbocycles. The average Bonchev–Trinajstić information content (AvgIpc) is 2.70. The highest BCUT2D eigenvalue weighted by atomic mass is 35.5. The molecule has 0 aromatic rings. The summed E-state index contributed by atoms with van der Waals surface area (Å²) in [5.74, 6) is 0.171. The van der Waals surface area contributed by atoms with Gasteiger partial charge < -0.3 is 10.1 Å². The van der Waals surface area contributed by atoms with Gasteiger partial charge in [0.15, 0.2) is 0 Å². The van der Waals surface area contributed by atoms with Gasteiger partial charge in [0.1, 0.15) is 4.49 Å². The van der Waals surface area contributed by atoms with Crippen molar-refractivity contribution in [3.63, 3.8) is 0 Å². The van der Waals surface area contributed by atoms with E-state index in [0.717, 1.165) is 19.4 Å². The van der Waals surface area contributed by atoms with Crippen molar-refractivity contribution in [1.29, 1.82) is 0 Å². The first kappa shape index (κ1) is 14.2. The summed E-state index contributed by atoms with van der Waals surface area (Å²) in [4.78, 5) is 12.1. The second-order valence-corrected chi connectivity index (χ2v) is 6.67. The Hall–Kier alpha value is -0.250. The highest BCUT2D eigenvalue weighted by Crippen LogP contribution is 2.59. The molecular formula is C13H19Cl2NO2. The molecule has 5 heteroatoms. The van der Waals surface area contributed by atoms with Gasteiger partial charge in [0.2, 0.25) is 5.91 Å². The number of amides is 1. The monoisotopic (exact) mass is 291 g/mol. The second kappa shape index (κ2) is 5.40. The quantitative estimate of drug-likeness (QED) is 0.865. The Balaban J connectivity index is 1.84. The van der Waals surface area contributed by atoms with Crippen LogP contribution in [0.4, 0.5) is 0 Å². The van der Waals surface area contributed by atoms with Crippen molar-refractivity contribution in [2.24, 2.45) is 17.3 Å². The first-order valence-corrected chi connectivity index (χ1v) is 7.10. The van der Waals surface area contributed by atoms with Crippen molar-refractivity contribution in [3.8, 4) is 0 Å². The zero-order valence-electron chi connectivity index (χ0n) is 10.7. The Morgan fingerprint density at radius 1 is 1.50 bits per heavy atom. The fourth-order valence-corrected chi connectivity index (χ4v) is 3.03. The largest absolute Gasteiger partial charge is 0.376 e. The molecule has 18 heavy (non-hydrogen) atoms. The molecule has 0 bridgehead atoms. The van der Waals surface area contributed by atoms with E-state index in [9.17, 15) is 4.79 Å². The van der Waals surface area contributed by atoms with Gasteiger partial charge in [-0.3, -0.25) is 4.79 Å². The van der Waals surface area contributed by atoms with Gasteiger partial charge in [-0.15, -0.1) is 0 Å². The van der Waals surface area contributed by atoms with E-state index in [4.69, 9.17) is 27.9 Å². The fraction of sp³-hybridized carbons (Fsp3) is 0.769. The van der Waals surface area contributed by atoms with Crippen LogP contribution < -0.4 is 5.32 Å². The Kier molecular flexibility index (Phi) is 4.25. The number of ether oxygens (including phenoxy) is 1. The Bertz CT molecular complexity index is 358. The van der Waals surface area contributed by atoms with E-state index in [1.807, 2.05) is 0 Å². The summed E-state index contributed by atoms with van der Waals surface area (Å²) >= 11 is 11.3. The fourth-order valence-electron chi connectivity index (χ4n) is 2.75. The van der Waals surface area contributed by atoms with Crippen LogP contribution in [0.5, 0.6) is 0 Å². The van der Waals surface area contributed by atoms with Crippen LogP contribution in [0.1, 0.15) is 26.7 Å². The van der Waals surface area contributed by atoms with E-state index in [2.05, 4.69) is 19.2 Å². The Labute approximate surface area is 118 Å². The molecule has 3 atom stereocenters. The summed E-state index contributed by atoms with van der Waals surface area (Å²) in [6.45, 7) is 5.53. The summed E-state index contributed by atoms with van der Waals surface area (Å²) in [5.41, 5.74) is -0.0599. The number of carbonyl (C=O) groups is 1. The van der Waals surface area contributed by atoms with Crippen LogP contribution in [0, 0.1) is 17.3 Å². The van der Waals surface area contributed by atoms with E-state index in [1.54, 1.807) is 6.08 Å². The number of allylic oxidation sites excluding steroid dienone is 1. The number of nitrogens with one attached hydrogen (secondary N) is 1. The highest BCUT2D eigenvalue weighted by molar-refractivity contribution is 6.55. The average molecular weight is 292 g/mol. The molecule has 2 aliphatic rings. The lowest BCUT2D eigenvalue weighted by Crippen LogP contribution is -2.33. The van der Waals surface area contributed by atoms with Crippen molar-refractivity contribution in [2.75, 3.05) is 13.2 Å². The molecule has 1 aliphatic heterocycles. The van der Waals surface area contributed by atoms with Gasteiger partial charge in [0, 0.05) is 13.2 Å². The normalized spacial score (nSPS) is 33.0. The molecule has 1 amide bonds. The van der Waals surface area contributed by atoms with Crippen LogP contribution in [-0.2, 0) is 9.53 Å². The summed E-state index contributed by atoms with van der Waals surface area (Å²) in [6, 6.07) is 0. The zero-order chi connectivity index (χ0) is 13.3. The summed E-state index contributed by atoms with van der Waals surface area (Å²) in [6.07, 6.45) is 4.06. The predicted molar refractivity (Wildman–Crippen MR) is 72.5 cm³/mol. The molecule has 0 unspecified atom stereocenters. The lowest BCUT2D eigenvalue weighted by molar-refractivity contribution is -0.123. The van der Waals surface area contributed by atoms with Gasteiger partial charge in [-0.2, -0.15) is 0 Å². The molecule has 2 rings (SSSR count). The second-order valence-electron chi connectivity index (χ2n) is 5.66. The van der Waals surface area contributed by atoms with Gasteiger partial charge >= 0.3 is 0 Å². The summed E-state index contributed by atoms with van der Waals surface area (Å²) in [7, 11) is 0. The Morgan fingerprint density at radius 3 is 2.78 bits per heavy atom. The van der Waals surface area contributed by atoms with Gasteiger partial charge in [-0.1, -0.05) is 37.0 Å². The SMILES string of the molecule is CC1(C)[C@H](C=C(Cl)Cl)[C@H]1C(=O)NC[C@@H]1CCCO1. The van der Waals surface area contributed by atoms with Crippen molar-refractivity contribution < 1.29 is 9.53 Å². The van der Waals surface area contributed by atoms with E-state index >= 15 is 0 Å². The van der Waals surface area contributed by atoms with E-state index in [0.29, 0.717) is 6.54 Å². The maximum Gasteiger partial charge on any atom is 0.224 e. The molecule has 102 valence electrons. The van der Waals surface area contributed by atoms with Crippen molar-refractivity contribution in [3.05, 3.63) is 10.6 Å². The van der Waals surface area contributed by atoms with Gasteiger partial charge in [-0.25, -0.2) is 0 Å². The van der Waals surface area contributed by atoms with E-state index < -0.39 is 0 Å². The van der Waals surface area contributed by atoms with Crippen LogP contribution in [0.25, 0.3) is 0 Å². The summed E-state index contributed by atoms with van der Waals surface area (Å²) in [5, 5.41) is 2.97. The van der Waals surface area contributed by atoms with Gasteiger partial charge in [-0.05, 0) is 30.3 Å². The summed E-state index contributed by atoms with van der Waals surface area (Å²) < 4.78 is 5.72. The number of halogens is 2. The predicted octanol–water partition coefficient (Wildman–Crippen LogP) is 2.87. The van der Waals surface area contributed by atoms with Crippen LogP contribution in [0.15, 0.2) is 10.6 Å². The van der Waals surface area contributed by atoms with Crippen molar-refractivity contribution >= 4 is 29.1 Å². The smallest absolute Gasteiger partial charge is 0.224 e. The highest BCUT2D eigenvalue weighted by Gasteiger charge is 2.60. The third kappa shape index (κ3) is 3.01. The molecule has 0 radical (unpaired) electrons.